The molecule has 0 atom stereocenters. The number of pyridine rings is 2. The number of rotatable bonds is 5. The summed E-state index contributed by atoms with van der Waals surface area (Å²) in [7, 11) is 0. The van der Waals surface area contributed by atoms with Crippen LogP contribution in [-0.4, -0.2) is 38.6 Å². The first-order chi connectivity index (χ1) is 39.5. The van der Waals surface area contributed by atoms with Gasteiger partial charge in [-0.1, -0.05) is 109 Å². The highest BCUT2D eigenvalue weighted by atomic mass is 15.2. The van der Waals surface area contributed by atoms with E-state index in [2.05, 4.69) is 15.0 Å². The molecule has 0 bridgehead atoms. The van der Waals surface area contributed by atoms with Crippen molar-refractivity contribution in [3.05, 3.63) is 182 Å². The second-order valence-electron chi connectivity index (χ2n) is 12.2. The van der Waals surface area contributed by atoms with Gasteiger partial charge >= 0.3 is 0 Å². The van der Waals surface area contributed by atoms with Crippen molar-refractivity contribution in [2.45, 2.75) is 0 Å². The van der Waals surface area contributed by atoms with Gasteiger partial charge in [0.1, 0.15) is 11.3 Å². The highest BCUT2D eigenvalue weighted by Crippen LogP contribution is 2.41. The quantitative estimate of drug-likeness (QED) is 0.175. The monoisotopic (exact) mass is 757 g/mol. The third-order valence-corrected chi connectivity index (χ3v) is 9.26. The number of hydrogen-bond acceptors (Lipinski definition) is 5. The number of hydrogen-bond donors (Lipinski definition) is 0. The number of aromatic nitrogens is 8. The predicted molar refractivity (Wildman–Crippen MR) is 229 cm³/mol. The molecule has 0 amide bonds. The Labute approximate surface area is 363 Å². The van der Waals surface area contributed by atoms with E-state index < -0.39 is 258 Å². The van der Waals surface area contributed by atoms with E-state index in [9.17, 15) is 9.60 Å². The topological polar surface area (TPSA) is 79.2 Å². The summed E-state index contributed by atoms with van der Waals surface area (Å²) < 4.78 is 245. The molecule has 8 nitrogen and oxygen atoms in total. The van der Waals surface area contributed by atoms with E-state index in [1.165, 1.54) is 18.2 Å². The van der Waals surface area contributed by atoms with Crippen LogP contribution in [-0.2, 0) is 0 Å². The first-order valence-electron chi connectivity index (χ1n) is 30.2. The summed E-state index contributed by atoms with van der Waals surface area (Å²) in [5.74, 6) is -2.34. The lowest BCUT2D eigenvalue weighted by Crippen LogP contribution is -2.10. The van der Waals surface area contributed by atoms with Crippen LogP contribution in [0.2, 0.25) is 0 Å². The lowest BCUT2D eigenvalue weighted by molar-refractivity contribution is 0.950. The van der Waals surface area contributed by atoms with Crippen molar-refractivity contribution >= 4 is 65.7 Å². The normalized spacial score (nSPS) is 18.5. The Bertz CT molecular complexity index is 5020. The lowest BCUT2D eigenvalue weighted by atomic mass is 10.1. The molecule has 0 saturated heterocycles. The third kappa shape index (κ3) is 4.64. The van der Waals surface area contributed by atoms with Crippen molar-refractivity contribution in [2.24, 2.45) is 0 Å². The maximum Gasteiger partial charge on any atom is 0.238 e. The Morgan fingerprint density at radius 1 is 0.404 bits per heavy atom. The zero-order valence-corrected chi connectivity index (χ0v) is 28.3. The Morgan fingerprint density at radius 2 is 0.877 bits per heavy atom. The van der Waals surface area contributed by atoms with Crippen LogP contribution < -0.4 is 0 Å². The molecule has 0 N–H and O–H groups in total. The maximum absolute atomic E-state index is 9.53. The van der Waals surface area contributed by atoms with E-state index in [1.807, 2.05) is 0 Å². The van der Waals surface area contributed by atoms with Crippen molar-refractivity contribution in [1.29, 1.82) is 0 Å². The fourth-order valence-electron chi connectivity index (χ4n) is 7.02. The van der Waals surface area contributed by atoms with Gasteiger partial charge in [0, 0.05) is 55.8 Å². The Kier molecular flexibility index (Phi) is 3.22. The molecule has 0 fully saturated rings. The summed E-state index contributed by atoms with van der Waals surface area (Å²) in [6.45, 7) is 0. The minimum Gasteiger partial charge on any atom is -0.292 e. The van der Waals surface area contributed by atoms with Gasteiger partial charge in [-0.15, -0.1) is 0 Å². The number of fused-ring (bicyclic) bond motifs is 9. The van der Waals surface area contributed by atoms with E-state index in [4.69, 9.17) is 37.4 Å². The zero-order chi connectivity index (χ0) is 60.9. The molecule has 0 aliphatic heterocycles. The minimum atomic E-state index is -0.916. The molecule has 0 radical (unpaired) electrons. The van der Waals surface area contributed by atoms with Gasteiger partial charge < -0.3 is 0 Å². The van der Waals surface area contributed by atoms with Gasteiger partial charge in [-0.25, -0.2) is 15.0 Å². The second-order valence-corrected chi connectivity index (χ2v) is 12.2. The molecule has 0 aliphatic carbocycles. The van der Waals surface area contributed by atoms with Crippen LogP contribution in [0.25, 0.3) is 106 Å². The molecular weight excluding hydrogens is 701 g/mol. The van der Waals surface area contributed by atoms with Gasteiger partial charge in [-0.05, 0) is 60.5 Å². The Balaban J connectivity index is 1.39. The fraction of sp³-hybridized carbons (Fsp3) is 0. The number of para-hydroxylation sites is 5. The van der Waals surface area contributed by atoms with E-state index >= 15 is 0 Å². The van der Waals surface area contributed by atoms with Crippen molar-refractivity contribution in [2.75, 3.05) is 0 Å². The molecule has 266 valence electrons. The first-order valence-corrected chi connectivity index (χ1v) is 16.7. The molecule has 57 heavy (non-hydrogen) atoms. The Morgan fingerprint density at radius 3 is 1.49 bits per heavy atom. The van der Waals surface area contributed by atoms with Gasteiger partial charge in [0.05, 0.1) is 70.5 Å². The zero-order valence-electron chi connectivity index (χ0n) is 55.3. The SMILES string of the molecule is [2H]c1nc2c(c([2H])c1[2H])c1c([2H])c([2H])c([2H])c([2H])c1n2-c1cccc(-c2nc(-c3c([2H])c([2H])c([2H])c([2H])c3[2H])nc(-n3c4c([2H])c([2H])c([2H])c([2H])c4c4c([2H])c([2H])c([2H])c([2H])c43)n2)c1-n1c2nc([2H])c([2H])c([2H])c2c2c([2H])c([2H])c([2H])c([2H])c21. The van der Waals surface area contributed by atoms with Gasteiger partial charge in [0.15, 0.2) is 11.6 Å². The molecule has 0 saturated carbocycles. The molecule has 12 aromatic rings. The summed E-state index contributed by atoms with van der Waals surface area (Å²) in [6, 6.07) is -16.9. The molecule has 8 heteroatoms. The van der Waals surface area contributed by atoms with Crippen LogP contribution >= 0.6 is 0 Å². The standard InChI is InChI=1S/C49H30N8/c1-2-15-31(16-3-1)45-52-46(54-49(53-45)56-40-25-9-4-17-32(40)33-18-5-10-26-41(33)56)38-21-12-28-43(55-39-24-8-6-19-34(39)36-22-13-29-50-47(36)55)44(38)57-42-27-11-7-20-35(42)37-23-14-30-51-48(37)57/h1-30H/i1D,2D,3D,4D,5D,6D,7D,8D,9D,10D,11D,13D,14D,15D,16D,17D,18D,19D,20D,22D,23D,24D,25D,26D,27D,29D,30D. The Hall–Kier alpha value is -7.97. The predicted octanol–water partition coefficient (Wildman–Crippen LogP) is 11.3. The highest BCUT2D eigenvalue weighted by Gasteiger charge is 2.26. The highest BCUT2D eigenvalue weighted by molar-refractivity contribution is 6.11. The van der Waals surface area contributed by atoms with Crippen LogP contribution in [0, 0.1) is 0 Å². The number of nitrogens with zero attached hydrogens (tertiary/aromatic N) is 8. The second kappa shape index (κ2) is 12.3. The van der Waals surface area contributed by atoms with Crippen molar-refractivity contribution in [1.82, 2.24) is 38.6 Å². The van der Waals surface area contributed by atoms with Crippen molar-refractivity contribution in [3.63, 3.8) is 0 Å². The summed E-state index contributed by atoms with van der Waals surface area (Å²) in [5.41, 5.74) is -5.17. The van der Waals surface area contributed by atoms with Crippen molar-refractivity contribution in [3.8, 4) is 40.1 Å². The smallest absolute Gasteiger partial charge is 0.238 e. The van der Waals surface area contributed by atoms with Gasteiger partial charge in [0.2, 0.25) is 5.95 Å². The van der Waals surface area contributed by atoms with Crippen LogP contribution in [0.15, 0.2) is 182 Å². The molecule has 0 spiro atoms. The molecule has 12 rings (SSSR count). The van der Waals surface area contributed by atoms with E-state index in [-0.39, 0.29) is 11.1 Å². The summed E-state index contributed by atoms with van der Waals surface area (Å²) in [6.07, 6.45) is -1.70. The van der Waals surface area contributed by atoms with E-state index in [0.29, 0.717) is 0 Å². The average molecular weight is 758 g/mol. The molecule has 6 aromatic heterocycles. The largest absolute Gasteiger partial charge is 0.292 e. The fourth-order valence-corrected chi connectivity index (χ4v) is 7.02. The van der Waals surface area contributed by atoms with E-state index in [1.54, 1.807) is 0 Å². The molecule has 6 heterocycles. The van der Waals surface area contributed by atoms with Crippen molar-refractivity contribution < 1.29 is 37.0 Å². The molecule has 6 aromatic carbocycles. The molecular formula is C49H30N8. The summed E-state index contributed by atoms with van der Waals surface area (Å²) in [4.78, 5) is 22.8. The average Bonchev–Trinajstić information content (AvgIpc) is 1.56. The summed E-state index contributed by atoms with van der Waals surface area (Å²) >= 11 is 0. The molecule has 0 unspecified atom stereocenters. The van der Waals surface area contributed by atoms with Gasteiger partial charge in [-0.3, -0.25) is 13.7 Å². The van der Waals surface area contributed by atoms with E-state index in [0.717, 1.165) is 13.7 Å². The van der Waals surface area contributed by atoms with Crippen LogP contribution in [0.3, 0.4) is 0 Å². The first kappa shape index (κ1) is 14.9. The van der Waals surface area contributed by atoms with Crippen LogP contribution in [0.5, 0.6) is 0 Å². The maximum atomic E-state index is 9.53. The van der Waals surface area contributed by atoms with Crippen LogP contribution in [0.4, 0.5) is 0 Å². The summed E-state index contributed by atoms with van der Waals surface area (Å²) in [5, 5.41) is -2.59. The van der Waals surface area contributed by atoms with Crippen LogP contribution in [0.1, 0.15) is 37.0 Å². The number of benzene rings is 6. The van der Waals surface area contributed by atoms with Gasteiger partial charge in [0.25, 0.3) is 0 Å². The molecule has 0 aliphatic rings. The minimum absolute atomic E-state index is 0.381. The lowest BCUT2D eigenvalue weighted by Gasteiger charge is -2.20. The van der Waals surface area contributed by atoms with Gasteiger partial charge in [-0.2, -0.15) is 9.97 Å². The third-order valence-electron chi connectivity index (χ3n) is 9.26.